The van der Waals surface area contributed by atoms with Crippen LogP contribution >= 0.6 is 11.6 Å². The summed E-state index contributed by atoms with van der Waals surface area (Å²) in [5.41, 5.74) is 4.01. The van der Waals surface area contributed by atoms with Crippen molar-refractivity contribution >= 4 is 17.2 Å². The quantitative estimate of drug-likeness (QED) is 0.664. The van der Waals surface area contributed by atoms with Gasteiger partial charge in [-0.3, -0.25) is 4.40 Å². The second-order valence-corrected chi connectivity index (χ2v) is 4.90. The van der Waals surface area contributed by atoms with Crippen LogP contribution in [0.4, 0.5) is 0 Å². The molecule has 0 N–H and O–H groups in total. The molecule has 0 spiro atoms. The molecule has 0 aliphatic carbocycles. The third-order valence-electron chi connectivity index (χ3n) is 3.34. The van der Waals surface area contributed by atoms with Gasteiger partial charge in [-0.15, -0.1) is 0 Å². The summed E-state index contributed by atoms with van der Waals surface area (Å²) in [5.74, 6) is 0. The third kappa shape index (κ3) is 1.95. The average molecular weight is 282 g/mol. The zero-order valence-corrected chi connectivity index (χ0v) is 11.7. The number of benzene rings is 1. The van der Waals surface area contributed by atoms with Crippen LogP contribution in [0, 0.1) is 11.3 Å². The maximum atomic E-state index is 9.42. The van der Waals surface area contributed by atoms with Gasteiger partial charge in [0.15, 0.2) is 5.69 Å². The number of hydrogen-bond acceptors (Lipinski definition) is 2. The van der Waals surface area contributed by atoms with Crippen LogP contribution in [-0.4, -0.2) is 9.38 Å². The van der Waals surface area contributed by atoms with Crippen molar-refractivity contribution < 1.29 is 0 Å². The molecule has 0 radical (unpaired) electrons. The molecule has 20 heavy (non-hydrogen) atoms. The van der Waals surface area contributed by atoms with Gasteiger partial charge in [0.25, 0.3) is 0 Å². The molecule has 0 fully saturated rings. The van der Waals surface area contributed by atoms with Crippen molar-refractivity contribution in [3.8, 4) is 17.3 Å². The SMILES string of the molecule is CCc1ccc(-c2nc3cccc(Cl)n3c2C#N)cc1. The lowest BCUT2D eigenvalue weighted by Crippen LogP contribution is -1.90. The first-order valence-electron chi connectivity index (χ1n) is 6.41. The molecule has 0 aliphatic heterocycles. The number of fused-ring (bicyclic) bond motifs is 1. The van der Waals surface area contributed by atoms with Gasteiger partial charge < -0.3 is 0 Å². The molecule has 98 valence electrons. The average Bonchev–Trinajstić information content (AvgIpc) is 2.87. The molecule has 0 amide bonds. The van der Waals surface area contributed by atoms with Gasteiger partial charge in [0.05, 0.1) is 0 Å². The number of halogens is 1. The topological polar surface area (TPSA) is 41.1 Å². The molecular weight excluding hydrogens is 270 g/mol. The van der Waals surface area contributed by atoms with Crippen molar-refractivity contribution in [1.29, 1.82) is 5.26 Å². The summed E-state index contributed by atoms with van der Waals surface area (Å²) in [6.45, 7) is 2.11. The van der Waals surface area contributed by atoms with Gasteiger partial charge in [0.2, 0.25) is 0 Å². The minimum Gasteiger partial charge on any atom is -0.273 e. The van der Waals surface area contributed by atoms with Crippen LogP contribution in [0.15, 0.2) is 42.5 Å². The number of nitrogens with zero attached hydrogens (tertiary/aromatic N) is 3. The number of pyridine rings is 1. The van der Waals surface area contributed by atoms with Gasteiger partial charge in [0.1, 0.15) is 22.6 Å². The monoisotopic (exact) mass is 281 g/mol. The Morgan fingerprint density at radius 2 is 1.95 bits per heavy atom. The lowest BCUT2D eigenvalue weighted by atomic mass is 10.1. The van der Waals surface area contributed by atoms with Gasteiger partial charge >= 0.3 is 0 Å². The highest BCUT2D eigenvalue weighted by Gasteiger charge is 2.15. The van der Waals surface area contributed by atoms with Crippen molar-refractivity contribution in [2.24, 2.45) is 0 Å². The highest BCUT2D eigenvalue weighted by atomic mass is 35.5. The first-order chi connectivity index (χ1) is 9.74. The van der Waals surface area contributed by atoms with Crippen molar-refractivity contribution in [2.45, 2.75) is 13.3 Å². The predicted octanol–water partition coefficient (Wildman–Crippen LogP) is 4.09. The van der Waals surface area contributed by atoms with Crippen LogP contribution in [0.1, 0.15) is 18.2 Å². The van der Waals surface area contributed by atoms with E-state index in [4.69, 9.17) is 11.6 Å². The zero-order chi connectivity index (χ0) is 14.1. The van der Waals surface area contributed by atoms with E-state index in [0.717, 1.165) is 12.0 Å². The van der Waals surface area contributed by atoms with Crippen LogP contribution in [-0.2, 0) is 6.42 Å². The van der Waals surface area contributed by atoms with E-state index in [1.54, 1.807) is 10.5 Å². The predicted molar refractivity (Wildman–Crippen MR) is 79.7 cm³/mol. The summed E-state index contributed by atoms with van der Waals surface area (Å²) in [4.78, 5) is 4.53. The normalized spacial score (nSPS) is 10.7. The molecular formula is C16H12ClN3. The first kappa shape index (κ1) is 12.7. The summed E-state index contributed by atoms with van der Waals surface area (Å²) in [5, 5.41) is 9.91. The van der Waals surface area contributed by atoms with Crippen molar-refractivity contribution in [2.75, 3.05) is 0 Å². The Hall–Kier alpha value is -2.31. The highest BCUT2D eigenvalue weighted by Crippen LogP contribution is 2.26. The van der Waals surface area contributed by atoms with E-state index < -0.39 is 0 Å². The second-order valence-electron chi connectivity index (χ2n) is 4.51. The van der Waals surface area contributed by atoms with Crippen LogP contribution < -0.4 is 0 Å². The molecule has 2 aromatic heterocycles. The fraction of sp³-hybridized carbons (Fsp3) is 0.125. The maximum Gasteiger partial charge on any atom is 0.153 e. The summed E-state index contributed by atoms with van der Waals surface area (Å²) < 4.78 is 1.67. The molecule has 1 aromatic carbocycles. The summed E-state index contributed by atoms with van der Waals surface area (Å²) in [6, 6.07) is 15.7. The number of hydrogen-bond donors (Lipinski definition) is 0. The second kappa shape index (κ2) is 4.99. The van der Waals surface area contributed by atoms with E-state index in [0.29, 0.717) is 22.2 Å². The summed E-state index contributed by atoms with van der Waals surface area (Å²) >= 11 is 6.16. The van der Waals surface area contributed by atoms with Gasteiger partial charge in [-0.25, -0.2) is 4.98 Å². The van der Waals surface area contributed by atoms with E-state index in [1.807, 2.05) is 24.3 Å². The maximum absolute atomic E-state index is 9.42. The Balaban J connectivity index is 2.25. The Kier molecular flexibility index (Phi) is 3.17. The van der Waals surface area contributed by atoms with Crippen molar-refractivity contribution in [1.82, 2.24) is 9.38 Å². The Morgan fingerprint density at radius 1 is 1.20 bits per heavy atom. The molecule has 3 nitrogen and oxygen atoms in total. The lowest BCUT2D eigenvalue weighted by molar-refractivity contribution is 1.14. The zero-order valence-electron chi connectivity index (χ0n) is 11.0. The first-order valence-corrected chi connectivity index (χ1v) is 6.78. The van der Waals surface area contributed by atoms with Gasteiger partial charge in [-0.05, 0) is 24.1 Å². The largest absolute Gasteiger partial charge is 0.273 e. The minimum atomic E-state index is 0.467. The lowest BCUT2D eigenvalue weighted by Gasteiger charge is -2.01. The molecule has 0 atom stereocenters. The van der Waals surface area contributed by atoms with Crippen LogP contribution in [0.5, 0.6) is 0 Å². The van der Waals surface area contributed by atoms with Gasteiger partial charge in [-0.2, -0.15) is 5.26 Å². The molecule has 3 rings (SSSR count). The summed E-state index contributed by atoms with van der Waals surface area (Å²) in [7, 11) is 0. The standard InChI is InChI=1S/C16H12ClN3/c1-2-11-6-8-12(9-7-11)16-13(10-18)20-14(17)4-3-5-15(20)19-16/h3-9H,2H2,1H3. The smallest absolute Gasteiger partial charge is 0.153 e. The van der Waals surface area contributed by atoms with Crippen molar-refractivity contribution in [3.63, 3.8) is 0 Å². The van der Waals surface area contributed by atoms with E-state index in [-0.39, 0.29) is 0 Å². The van der Waals surface area contributed by atoms with Crippen LogP contribution in [0.25, 0.3) is 16.9 Å². The van der Waals surface area contributed by atoms with E-state index in [2.05, 4.69) is 30.1 Å². The molecule has 3 aromatic rings. The van der Waals surface area contributed by atoms with E-state index in [1.165, 1.54) is 5.56 Å². The number of imidazole rings is 1. The molecule has 0 bridgehead atoms. The molecule has 2 heterocycles. The highest BCUT2D eigenvalue weighted by molar-refractivity contribution is 6.29. The molecule has 0 saturated carbocycles. The van der Waals surface area contributed by atoms with E-state index in [9.17, 15) is 5.26 Å². The molecule has 0 aliphatic rings. The Bertz CT molecular complexity index is 810. The van der Waals surface area contributed by atoms with E-state index >= 15 is 0 Å². The molecule has 0 unspecified atom stereocenters. The fourth-order valence-electron chi connectivity index (χ4n) is 2.26. The fourth-order valence-corrected chi connectivity index (χ4v) is 2.50. The number of aromatic nitrogens is 2. The minimum absolute atomic E-state index is 0.467. The number of rotatable bonds is 2. The molecule has 4 heteroatoms. The number of aryl methyl sites for hydroxylation is 1. The van der Waals surface area contributed by atoms with Crippen LogP contribution in [0.2, 0.25) is 5.15 Å². The summed E-state index contributed by atoms with van der Waals surface area (Å²) in [6.07, 6.45) is 0.988. The van der Waals surface area contributed by atoms with Crippen molar-refractivity contribution in [3.05, 3.63) is 58.9 Å². The Morgan fingerprint density at radius 3 is 2.60 bits per heavy atom. The van der Waals surface area contributed by atoms with Gasteiger partial charge in [-0.1, -0.05) is 48.9 Å². The van der Waals surface area contributed by atoms with Crippen LogP contribution in [0.3, 0.4) is 0 Å². The third-order valence-corrected chi connectivity index (χ3v) is 3.63. The van der Waals surface area contributed by atoms with Gasteiger partial charge in [0, 0.05) is 5.56 Å². The number of nitriles is 1. The Labute approximate surface area is 122 Å². The molecule has 0 saturated heterocycles.